The van der Waals surface area contributed by atoms with Crippen LogP contribution in [-0.4, -0.2) is 17.6 Å². The van der Waals surface area contributed by atoms with Gasteiger partial charge < -0.3 is 12.3 Å². The van der Waals surface area contributed by atoms with E-state index < -0.39 is 5.91 Å². The summed E-state index contributed by atoms with van der Waals surface area (Å²) >= 11 is 0. The van der Waals surface area contributed by atoms with Gasteiger partial charge in [0.25, 0.3) is 0 Å². The van der Waals surface area contributed by atoms with E-state index in [4.69, 9.17) is 5.11 Å². The molecule has 0 aliphatic heterocycles. The van der Waals surface area contributed by atoms with Crippen LogP contribution in [0.1, 0.15) is 1.43 Å². The Hall–Kier alpha value is 0.170. The summed E-state index contributed by atoms with van der Waals surface area (Å²) in [6.45, 7) is 2.80. The molecule has 4 heteroatoms. The topological polar surface area (TPSA) is 63.3 Å². The minimum atomic E-state index is -0.650. The van der Waals surface area contributed by atoms with Crippen LogP contribution in [0.25, 0.3) is 0 Å². The smallest absolute Gasteiger partial charge is 1.00 e. The van der Waals surface area contributed by atoms with Crippen molar-refractivity contribution < 1.29 is 40.9 Å². The number of carbonyl (C=O) groups is 1. The Balaban J connectivity index is -0.000000180. The molecule has 0 aromatic rings. The molecule has 0 aromatic heterocycles. The van der Waals surface area contributed by atoms with Gasteiger partial charge in [-0.3, -0.25) is 4.79 Å². The van der Waals surface area contributed by atoms with E-state index in [2.05, 4.69) is 12.3 Å². The monoisotopic (exact) mass is 125 g/mol. The van der Waals surface area contributed by atoms with E-state index in [0.717, 1.165) is 0 Å². The summed E-state index contributed by atoms with van der Waals surface area (Å²) in [6, 6.07) is 0. The molecule has 0 unspecified atom stereocenters. The zero-order chi connectivity index (χ0) is 5.86. The second-order valence-corrected chi connectivity index (χ2v) is 1.13. The predicted octanol–water partition coefficient (Wildman–Crippen LogP) is -3.86. The van der Waals surface area contributed by atoms with E-state index in [1.807, 2.05) is 0 Å². The average Bonchev–Trinajstić information content (AvgIpc) is 1.65. The van der Waals surface area contributed by atoms with Crippen molar-refractivity contribution >= 4 is 5.91 Å². The number of amides is 1. The molecule has 0 heterocycles. The van der Waals surface area contributed by atoms with Crippen molar-refractivity contribution in [2.45, 2.75) is 0 Å². The second-order valence-electron chi connectivity index (χ2n) is 1.13. The SMILES string of the molecule is C=C(CO)C(N)=O.[H-].[Na+]. The Morgan fingerprint density at radius 1 is 1.88 bits per heavy atom. The molecule has 3 nitrogen and oxygen atoms in total. The quantitative estimate of drug-likeness (QED) is 0.293. The van der Waals surface area contributed by atoms with Crippen molar-refractivity contribution in [1.29, 1.82) is 0 Å². The second kappa shape index (κ2) is 5.31. The Morgan fingerprint density at radius 3 is 2.25 bits per heavy atom. The maximum absolute atomic E-state index is 9.89. The van der Waals surface area contributed by atoms with E-state index in [-0.39, 0.29) is 43.2 Å². The van der Waals surface area contributed by atoms with Gasteiger partial charge in [-0.15, -0.1) is 0 Å². The Labute approximate surface area is 71.3 Å². The fourth-order valence-corrected chi connectivity index (χ4v) is 0.0779. The van der Waals surface area contributed by atoms with Gasteiger partial charge in [0.05, 0.1) is 6.61 Å². The predicted molar refractivity (Wildman–Crippen MR) is 26.5 cm³/mol. The first kappa shape index (κ1) is 11.0. The molecule has 0 spiro atoms. The summed E-state index contributed by atoms with van der Waals surface area (Å²) in [6.07, 6.45) is 0. The molecule has 0 aromatic carbocycles. The largest absolute Gasteiger partial charge is 1.00 e. The molecule has 42 valence electrons. The van der Waals surface area contributed by atoms with Gasteiger partial charge in [-0.1, -0.05) is 6.58 Å². The van der Waals surface area contributed by atoms with Crippen LogP contribution in [-0.2, 0) is 4.79 Å². The minimum absolute atomic E-state index is 0. The molecule has 8 heavy (non-hydrogen) atoms. The fourth-order valence-electron chi connectivity index (χ4n) is 0.0779. The van der Waals surface area contributed by atoms with E-state index in [1.165, 1.54) is 0 Å². The van der Waals surface area contributed by atoms with E-state index in [0.29, 0.717) is 0 Å². The number of primary amides is 1. The van der Waals surface area contributed by atoms with Crippen molar-refractivity contribution in [2.24, 2.45) is 5.73 Å². The summed E-state index contributed by atoms with van der Waals surface area (Å²) in [5.41, 5.74) is 4.69. The average molecular weight is 125 g/mol. The van der Waals surface area contributed by atoms with E-state index >= 15 is 0 Å². The van der Waals surface area contributed by atoms with Crippen LogP contribution in [0.4, 0.5) is 0 Å². The number of nitrogens with two attached hydrogens (primary N) is 1. The minimum Gasteiger partial charge on any atom is -1.00 e. The van der Waals surface area contributed by atoms with Gasteiger partial charge in [-0.25, -0.2) is 0 Å². The normalized spacial score (nSPS) is 7.12. The van der Waals surface area contributed by atoms with Crippen LogP contribution in [0, 0.1) is 0 Å². The first-order valence-electron chi connectivity index (χ1n) is 1.77. The van der Waals surface area contributed by atoms with Crippen LogP contribution in [0.3, 0.4) is 0 Å². The van der Waals surface area contributed by atoms with Crippen LogP contribution >= 0.6 is 0 Å². The molecule has 0 saturated heterocycles. The Kier molecular flexibility index (Phi) is 7.32. The van der Waals surface area contributed by atoms with Gasteiger partial charge in [0.15, 0.2) is 0 Å². The summed E-state index contributed by atoms with van der Waals surface area (Å²) in [4.78, 5) is 9.89. The number of rotatable bonds is 2. The van der Waals surface area contributed by atoms with Gasteiger partial charge in [0.1, 0.15) is 0 Å². The van der Waals surface area contributed by atoms with Crippen LogP contribution in [0.15, 0.2) is 12.2 Å². The van der Waals surface area contributed by atoms with Crippen molar-refractivity contribution in [3.05, 3.63) is 12.2 Å². The maximum Gasteiger partial charge on any atom is 1.00 e. The van der Waals surface area contributed by atoms with Gasteiger partial charge in [0, 0.05) is 5.57 Å². The summed E-state index contributed by atoms with van der Waals surface area (Å²) < 4.78 is 0. The number of aliphatic hydroxyl groups excluding tert-OH is 1. The van der Waals surface area contributed by atoms with Gasteiger partial charge in [-0.2, -0.15) is 0 Å². The molecule has 0 aliphatic carbocycles. The standard InChI is InChI=1S/C4H7NO2.Na.H/c1-3(2-6)4(5)7;;/h6H,1-2H2,(H2,5,7);;/q;+1;-1. The van der Waals surface area contributed by atoms with Crippen molar-refractivity contribution in [3.63, 3.8) is 0 Å². The van der Waals surface area contributed by atoms with Crippen molar-refractivity contribution in [1.82, 2.24) is 0 Å². The molecule has 0 atom stereocenters. The number of hydrogen-bond donors (Lipinski definition) is 2. The zero-order valence-corrected chi connectivity index (χ0v) is 6.85. The molecule has 0 radical (unpaired) electrons. The third-order valence-electron chi connectivity index (χ3n) is 0.539. The molecular formula is C4H8NNaO2. The molecule has 3 N–H and O–H groups in total. The summed E-state index contributed by atoms with van der Waals surface area (Å²) in [5, 5.41) is 8.10. The van der Waals surface area contributed by atoms with Crippen LogP contribution in [0.2, 0.25) is 0 Å². The number of carbonyl (C=O) groups excluding carboxylic acids is 1. The summed E-state index contributed by atoms with van der Waals surface area (Å²) in [7, 11) is 0. The van der Waals surface area contributed by atoms with Gasteiger partial charge in [-0.05, 0) is 0 Å². The first-order chi connectivity index (χ1) is 3.18. The summed E-state index contributed by atoms with van der Waals surface area (Å²) in [5.74, 6) is -0.650. The third kappa shape index (κ3) is 4.33. The molecule has 0 saturated carbocycles. The molecule has 0 bridgehead atoms. The molecule has 0 rings (SSSR count). The Morgan fingerprint density at radius 2 is 2.25 bits per heavy atom. The van der Waals surface area contributed by atoms with Crippen LogP contribution < -0.4 is 35.3 Å². The third-order valence-corrected chi connectivity index (χ3v) is 0.539. The first-order valence-corrected chi connectivity index (χ1v) is 1.77. The van der Waals surface area contributed by atoms with E-state index in [1.54, 1.807) is 0 Å². The van der Waals surface area contributed by atoms with Crippen molar-refractivity contribution in [3.8, 4) is 0 Å². The van der Waals surface area contributed by atoms with E-state index in [9.17, 15) is 4.79 Å². The zero-order valence-electron chi connectivity index (χ0n) is 5.85. The Bertz CT molecular complexity index is 107. The van der Waals surface area contributed by atoms with Crippen molar-refractivity contribution in [2.75, 3.05) is 6.61 Å². The number of hydrogen-bond acceptors (Lipinski definition) is 2. The fraction of sp³-hybridized carbons (Fsp3) is 0.250. The number of aliphatic hydroxyl groups is 1. The van der Waals surface area contributed by atoms with Gasteiger partial charge in [0.2, 0.25) is 5.91 Å². The van der Waals surface area contributed by atoms with Crippen LogP contribution in [0.5, 0.6) is 0 Å². The molecular weight excluding hydrogens is 117 g/mol. The molecule has 0 fully saturated rings. The molecule has 1 amide bonds. The molecule has 0 aliphatic rings. The van der Waals surface area contributed by atoms with Gasteiger partial charge >= 0.3 is 29.6 Å². The maximum atomic E-state index is 9.89.